The van der Waals surface area contributed by atoms with E-state index in [9.17, 15) is 4.79 Å². The minimum absolute atomic E-state index is 0.0926. The van der Waals surface area contributed by atoms with Gasteiger partial charge in [-0.1, -0.05) is 30.7 Å². The fourth-order valence-electron chi connectivity index (χ4n) is 2.90. The van der Waals surface area contributed by atoms with Gasteiger partial charge in [-0.3, -0.25) is 4.79 Å². The van der Waals surface area contributed by atoms with Crippen molar-refractivity contribution in [3.63, 3.8) is 0 Å². The largest absolute Gasteiger partial charge is 0.493 e. The quantitative estimate of drug-likeness (QED) is 0.763. The number of thioether (sulfide) groups is 1. The molecule has 1 amide bonds. The van der Waals surface area contributed by atoms with Crippen LogP contribution in [0.1, 0.15) is 23.7 Å². The number of anilines is 1. The molecule has 1 atom stereocenters. The van der Waals surface area contributed by atoms with Gasteiger partial charge in [0.2, 0.25) is 0 Å². The summed E-state index contributed by atoms with van der Waals surface area (Å²) in [5.74, 6) is 0.787. The average Bonchev–Trinajstić information content (AvgIpc) is 2.78. The summed E-state index contributed by atoms with van der Waals surface area (Å²) in [6.45, 7) is 2.85. The molecule has 0 bridgehead atoms. The third kappa shape index (κ3) is 3.58. The number of methoxy groups -OCH3 is 2. The predicted molar refractivity (Wildman–Crippen MR) is 103 cm³/mol. The Bertz CT molecular complexity index is 796. The van der Waals surface area contributed by atoms with Crippen LogP contribution in [0.15, 0.2) is 41.3 Å². The Labute approximate surface area is 157 Å². The Morgan fingerprint density at radius 3 is 2.72 bits per heavy atom. The van der Waals surface area contributed by atoms with Crippen LogP contribution in [0, 0.1) is 0 Å². The number of carbonyl (C=O) groups excluding carboxylic acids is 1. The van der Waals surface area contributed by atoms with Gasteiger partial charge in [-0.05, 0) is 30.7 Å². The Kier molecular flexibility index (Phi) is 5.45. The highest BCUT2D eigenvalue weighted by atomic mass is 35.5. The molecule has 6 heteroatoms. The molecular formula is C19H20ClNO3S. The second-order valence-electron chi connectivity index (χ2n) is 5.84. The highest BCUT2D eigenvalue weighted by Crippen LogP contribution is 2.40. The van der Waals surface area contributed by atoms with Gasteiger partial charge >= 0.3 is 0 Å². The summed E-state index contributed by atoms with van der Waals surface area (Å²) >= 11 is 8.07. The molecule has 1 aliphatic heterocycles. The molecule has 132 valence electrons. The summed E-state index contributed by atoms with van der Waals surface area (Å²) in [6, 6.07) is 11.3. The van der Waals surface area contributed by atoms with Crippen LogP contribution in [0.5, 0.6) is 11.5 Å². The highest BCUT2D eigenvalue weighted by molar-refractivity contribution is 8.00. The number of nitrogens with zero attached hydrogens (tertiary/aromatic N) is 1. The molecule has 1 aliphatic rings. The van der Waals surface area contributed by atoms with Crippen molar-refractivity contribution in [3.05, 3.63) is 47.0 Å². The van der Waals surface area contributed by atoms with E-state index in [0.717, 1.165) is 17.0 Å². The number of fused-ring (bicyclic) bond motifs is 1. The second kappa shape index (κ2) is 7.58. The first-order valence-corrected chi connectivity index (χ1v) is 9.30. The number of halogens is 1. The number of rotatable bonds is 3. The molecule has 0 fully saturated rings. The summed E-state index contributed by atoms with van der Waals surface area (Å²) in [5, 5.41) is 0.809. The first kappa shape index (κ1) is 18.0. The Morgan fingerprint density at radius 1 is 1.24 bits per heavy atom. The van der Waals surface area contributed by atoms with Crippen LogP contribution in [-0.4, -0.2) is 31.9 Å². The van der Waals surface area contributed by atoms with Crippen molar-refractivity contribution in [2.75, 3.05) is 25.7 Å². The number of benzene rings is 2. The maximum atomic E-state index is 13.2. The Balaban J connectivity index is 2.02. The lowest BCUT2D eigenvalue weighted by Crippen LogP contribution is -2.32. The van der Waals surface area contributed by atoms with E-state index < -0.39 is 0 Å². The number of hydrogen-bond acceptors (Lipinski definition) is 4. The second-order valence-corrected chi connectivity index (χ2v) is 7.72. The summed E-state index contributed by atoms with van der Waals surface area (Å²) in [6.07, 6.45) is 0.923. The summed E-state index contributed by atoms with van der Waals surface area (Å²) in [4.78, 5) is 16.1. The van der Waals surface area contributed by atoms with Crippen molar-refractivity contribution in [2.45, 2.75) is 23.5 Å². The van der Waals surface area contributed by atoms with Crippen LogP contribution in [0.2, 0.25) is 5.02 Å². The van der Waals surface area contributed by atoms with E-state index in [0.29, 0.717) is 33.9 Å². The van der Waals surface area contributed by atoms with E-state index in [-0.39, 0.29) is 5.91 Å². The SMILES string of the molecule is COc1cc(C(=O)N2CC[C@H](C)Sc3ccccc32)cc(Cl)c1OC. The van der Waals surface area contributed by atoms with Crippen LogP contribution < -0.4 is 14.4 Å². The topological polar surface area (TPSA) is 38.8 Å². The van der Waals surface area contributed by atoms with Crippen LogP contribution in [0.3, 0.4) is 0 Å². The molecule has 1 heterocycles. The first-order chi connectivity index (χ1) is 12.0. The van der Waals surface area contributed by atoms with E-state index in [4.69, 9.17) is 21.1 Å². The Morgan fingerprint density at radius 2 is 2.00 bits per heavy atom. The van der Waals surface area contributed by atoms with Gasteiger partial charge in [0.25, 0.3) is 5.91 Å². The van der Waals surface area contributed by atoms with Gasteiger partial charge in [-0.15, -0.1) is 11.8 Å². The molecule has 2 aromatic rings. The first-order valence-electron chi connectivity index (χ1n) is 8.04. The van der Waals surface area contributed by atoms with Crippen LogP contribution in [0.25, 0.3) is 0 Å². The fourth-order valence-corrected chi connectivity index (χ4v) is 4.30. The molecule has 0 N–H and O–H groups in total. The van der Waals surface area contributed by atoms with Crippen molar-refractivity contribution in [3.8, 4) is 11.5 Å². The Hall–Kier alpha value is -1.85. The lowest BCUT2D eigenvalue weighted by molar-refractivity contribution is 0.0986. The van der Waals surface area contributed by atoms with Crippen molar-refractivity contribution in [1.82, 2.24) is 0 Å². The number of carbonyl (C=O) groups is 1. The lowest BCUT2D eigenvalue weighted by Gasteiger charge is -2.23. The number of amides is 1. The molecule has 3 rings (SSSR count). The maximum absolute atomic E-state index is 13.2. The molecule has 0 spiro atoms. The minimum Gasteiger partial charge on any atom is -0.493 e. The van der Waals surface area contributed by atoms with Gasteiger partial charge in [-0.2, -0.15) is 0 Å². The smallest absolute Gasteiger partial charge is 0.258 e. The monoisotopic (exact) mass is 377 g/mol. The van der Waals surface area contributed by atoms with E-state index in [2.05, 4.69) is 13.0 Å². The summed E-state index contributed by atoms with van der Waals surface area (Å²) in [7, 11) is 3.05. The fraction of sp³-hybridized carbons (Fsp3) is 0.316. The zero-order valence-corrected chi connectivity index (χ0v) is 16.0. The molecule has 0 unspecified atom stereocenters. The summed E-state index contributed by atoms with van der Waals surface area (Å²) in [5.41, 5.74) is 1.42. The van der Waals surface area contributed by atoms with Gasteiger partial charge in [0.15, 0.2) is 11.5 Å². The molecule has 0 saturated carbocycles. The summed E-state index contributed by atoms with van der Waals surface area (Å²) < 4.78 is 10.6. The van der Waals surface area contributed by atoms with Gasteiger partial charge in [0.05, 0.1) is 24.9 Å². The van der Waals surface area contributed by atoms with Crippen molar-refractivity contribution >= 4 is 35.0 Å². The molecule has 0 radical (unpaired) electrons. The van der Waals surface area contributed by atoms with Gasteiger partial charge in [0.1, 0.15) is 0 Å². The van der Waals surface area contributed by atoms with Crippen LogP contribution in [0.4, 0.5) is 5.69 Å². The van der Waals surface area contributed by atoms with E-state index >= 15 is 0 Å². The third-order valence-electron chi connectivity index (χ3n) is 4.17. The highest BCUT2D eigenvalue weighted by Gasteiger charge is 2.26. The van der Waals surface area contributed by atoms with Crippen molar-refractivity contribution < 1.29 is 14.3 Å². The third-order valence-corrected chi connectivity index (χ3v) is 5.69. The minimum atomic E-state index is -0.0926. The van der Waals surface area contributed by atoms with E-state index in [1.807, 2.05) is 23.1 Å². The van der Waals surface area contributed by atoms with Crippen molar-refractivity contribution in [2.24, 2.45) is 0 Å². The standard InChI is InChI=1S/C19H20ClNO3S/c1-12-8-9-21(15-6-4-5-7-17(15)25-12)19(22)13-10-14(20)18(24-3)16(11-13)23-2/h4-7,10-12H,8-9H2,1-3H3/t12-/m0/s1. The molecule has 0 aromatic heterocycles. The maximum Gasteiger partial charge on any atom is 0.258 e. The van der Waals surface area contributed by atoms with Gasteiger partial charge in [-0.25, -0.2) is 0 Å². The molecule has 25 heavy (non-hydrogen) atoms. The van der Waals surface area contributed by atoms with Gasteiger partial charge < -0.3 is 14.4 Å². The van der Waals surface area contributed by atoms with Crippen LogP contribution in [-0.2, 0) is 0 Å². The molecule has 2 aromatic carbocycles. The van der Waals surface area contributed by atoms with E-state index in [1.54, 1.807) is 23.9 Å². The van der Waals surface area contributed by atoms with Gasteiger partial charge in [0, 0.05) is 22.3 Å². The molecular weight excluding hydrogens is 358 g/mol. The molecule has 0 aliphatic carbocycles. The number of hydrogen-bond donors (Lipinski definition) is 0. The average molecular weight is 378 g/mol. The van der Waals surface area contributed by atoms with Crippen LogP contribution >= 0.6 is 23.4 Å². The molecule has 0 saturated heterocycles. The normalized spacial score (nSPS) is 16.8. The number of ether oxygens (including phenoxy) is 2. The van der Waals surface area contributed by atoms with E-state index in [1.165, 1.54) is 14.2 Å². The van der Waals surface area contributed by atoms with Crippen molar-refractivity contribution in [1.29, 1.82) is 0 Å². The molecule has 4 nitrogen and oxygen atoms in total. The predicted octanol–water partition coefficient (Wildman–Crippen LogP) is 4.89. The number of para-hydroxylation sites is 1. The lowest BCUT2D eigenvalue weighted by atomic mass is 10.1. The zero-order valence-electron chi connectivity index (χ0n) is 14.4. The zero-order chi connectivity index (χ0) is 18.0.